The van der Waals surface area contributed by atoms with Gasteiger partial charge >= 0.3 is 0 Å². The Bertz CT molecular complexity index is 353. The summed E-state index contributed by atoms with van der Waals surface area (Å²) in [5.74, 6) is 0.422. The van der Waals surface area contributed by atoms with E-state index >= 15 is 0 Å². The zero-order valence-electron chi connectivity index (χ0n) is 13.5. The summed E-state index contributed by atoms with van der Waals surface area (Å²) in [5.41, 5.74) is 0. The molecular formula is C18H31NO2. The van der Waals surface area contributed by atoms with Crippen LogP contribution in [0.3, 0.4) is 0 Å². The average Bonchev–Trinajstić information content (AvgIpc) is 2.65. The topological polar surface area (TPSA) is 46.2 Å². The van der Waals surface area contributed by atoms with E-state index in [0.29, 0.717) is 5.92 Å². The number of unbranched alkanes of at least 4 members (excludes halogenated alkanes) is 6. The van der Waals surface area contributed by atoms with E-state index in [9.17, 15) is 9.59 Å². The van der Waals surface area contributed by atoms with Crippen LogP contribution >= 0.6 is 0 Å². The Labute approximate surface area is 129 Å². The Morgan fingerprint density at radius 1 is 0.905 bits per heavy atom. The van der Waals surface area contributed by atoms with Gasteiger partial charge in [0.25, 0.3) is 0 Å². The number of carbonyl (C=O) groups is 2. The Morgan fingerprint density at radius 3 is 2.33 bits per heavy atom. The second-order valence-corrected chi connectivity index (χ2v) is 6.94. The van der Waals surface area contributed by atoms with Gasteiger partial charge < -0.3 is 0 Å². The summed E-state index contributed by atoms with van der Waals surface area (Å²) >= 11 is 0. The summed E-state index contributed by atoms with van der Waals surface area (Å²) in [5, 5.41) is 2.56. The molecule has 1 aliphatic heterocycles. The largest absolute Gasteiger partial charge is 0.296 e. The highest BCUT2D eigenvalue weighted by Crippen LogP contribution is 2.39. The molecule has 0 spiro atoms. The minimum atomic E-state index is -0.0189. The maximum atomic E-state index is 12.1. The fourth-order valence-electron chi connectivity index (χ4n) is 4.13. The molecule has 2 rings (SSSR count). The van der Waals surface area contributed by atoms with Gasteiger partial charge in [0.2, 0.25) is 11.8 Å². The molecule has 3 atom stereocenters. The number of amides is 2. The third kappa shape index (κ3) is 4.55. The van der Waals surface area contributed by atoms with Gasteiger partial charge in [-0.25, -0.2) is 0 Å². The summed E-state index contributed by atoms with van der Waals surface area (Å²) in [6.07, 6.45) is 14.7. The Kier molecular flexibility index (Phi) is 6.72. The molecule has 0 aromatic carbocycles. The van der Waals surface area contributed by atoms with Crippen molar-refractivity contribution in [3.05, 3.63) is 0 Å². The lowest BCUT2D eigenvalue weighted by Crippen LogP contribution is -2.26. The smallest absolute Gasteiger partial charge is 0.230 e. The number of imide groups is 1. The Morgan fingerprint density at radius 2 is 1.57 bits per heavy atom. The van der Waals surface area contributed by atoms with Crippen LogP contribution in [0.15, 0.2) is 0 Å². The lowest BCUT2D eigenvalue weighted by atomic mass is 9.79. The van der Waals surface area contributed by atoms with Crippen molar-refractivity contribution in [1.82, 2.24) is 5.32 Å². The first-order valence-corrected chi connectivity index (χ1v) is 9.08. The summed E-state index contributed by atoms with van der Waals surface area (Å²) in [6.45, 7) is 2.25. The number of hydrogen-bond acceptors (Lipinski definition) is 2. The average molecular weight is 293 g/mol. The molecule has 3 heteroatoms. The molecule has 0 aromatic rings. The van der Waals surface area contributed by atoms with Crippen LogP contribution in [0.1, 0.15) is 84.0 Å². The lowest BCUT2D eigenvalue weighted by Gasteiger charge is -2.22. The molecular weight excluding hydrogens is 262 g/mol. The van der Waals surface area contributed by atoms with E-state index < -0.39 is 0 Å². The van der Waals surface area contributed by atoms with E-state index in [1.807, 2.05) is 0 Å². The maximum Gasteiger partial charge on any atom is 0.230 e. The van der Waals surface area contributed by atoms with Gasteiger partial charge in [-0.1, -0.05) is 64.7 Å². The minimum Gasteiger partial charge on any atom is -0.296 e. The zero-order valence-corrected chi connectivity index (χ0v) is 13.5. The molecule has 0 aromatic heterocycles. The number of rotatable bonds is 8. The standard InChI is InChI=1S/C18H31NO2/c1-2-3-4-5-6-7-8-11-14-12-9-10-13-15-16(14)18(21)19-17(15)20/h14-16H,2-13H2,1H3,(H,19,20,21). The molecule has 0 radical (unpaired) electrons. The quantitative estimate of drug-likeness (QED) is 0.538. The van der Waals surface area contributed by atoms with Gasteiger partial charge in [-0.2, -0.15) is 0 Å². The van der Waals surface area contributed by atoms with Crippen LogP contribution in [0.5, 0.6) is 0 Å². The normalized spacial score (nSPS) is 29.1. The van der Waals surface area contributed by atoms with Crippen LogP contribution in [0.2, 0.25) is 0 Å². The minimum absolute atomic E-state index is 0.00327. The highest BCUT2D eigenvalue weighted by atomic mass is 16.2. The first kappa shape index (κ1) is 16.5. The van der Waals surface area contributed by atoms with Crippen molar-refractivity contribution in [2.24, 2.45) is 17.8 Å². The van der Waals surface area contributed by atoms with E-state index in [4.69, 9.17) is 0 Å². The van der Waals surface area contributed by atoms with Crippen LogP contribution < -0.4 is 5.32 Å². The van der Waals surface area contributed by atoms with E-state index in [2.05, 4.69) is 12.2 Å². The lowest BCUT2D eigenvalue weighted by molar-refractivity contribution is -0.126. The molecule has 1 heterocycles. The first-order chi connectivity index (χ1) is 10.2. The highest BCUT2D eigenvalue weighted by Gasteiger charge is 2.45. The third-order valence-electron chi connectivity index (χ3n) is 5.35. The molecule has 1 aliphatic carbocycles. The van der Waals surface area contributed by atoms with Crippen molar-refractivity contribution in [2.45, 2.75) is 84.0 Å². The zero-order chi connectivity index (χ0) is 15.1. The third-order valence-corrected chi connectivity index (χ3v) is 5.35. The van der Waals surface area contributed by atoms with Gasteiger partial charge in [-0.05, 0) is 25.2 Å². The molecule has 2 fully saturated rings. The molecule has 2 amide bonds. The van der Waals surface area contributed by atoms with Crippen LogP contribution in [0, 0.1) is 17.8 Å². The van der Waals surface area contributed by atoms with E-state index in [1.165, 1.54) is 51.4 Å². The van der Waals surface area contributed by atoms with E-state index in [-0.39, 0.29) is 23.7 Å². The molecule has 120 valence electrons. The predicted molar refractivity (Wildman–Crippen MR) is 84.7 cm³/mol. The van der Waals surface area contributed by atoms with Crippen molar-refractivity contribution < 1.29 is 9.59 Å². The van der Waals surface area contributed by atoms with Gasteiger partial charge in [0.05, 0.1) is 11.8 Å². The predicted octanol–water partition coefficient (Wildman–Crippen LogP) is 4.21. The van der Waals surface area contributed by atoms with Crippen LogP contribution in [0.4, 0.5) is 0 Å². The monoisotopic (exact) mass is 293 g/mol. The van der Waals surface area contributed by atoms with E-state index in [1.54, 1.807) is 0 Å². The molecule has 0 bridgehead atoms. The molecule has 3 nitrogen and oxygen atoms in total. The Balaban J connectivity index is 1.73. The van der Waals surface area contributed by atoms with Gasteiger partial charge in [-0.15, -0.1) is 0 Å². The maximum absolute atomic E-state index is 12.1. The number of nitrogens with one attached hydrogen (secondary N) is 1. The fraction of sp³-hybridized carbons (Fsp3) is 0.889. The van der Waals surface area contributed by atoms with Crippen molar-refractivity contribution in [1.29, 1.82) is 0 Å². The molecule has 1 saturated heterocycles. The number of carbonyl (C=O) groups excluding carboxylic acids is 2. The molecule has 21 heavy (non-hydrogen) atoms. The van der Waals surface area contributed by atoms with Crippen LogP contribution in [-0.4, -0.2) is 11.8 Å². The SMILES string of the molecule is CCCCCCCCCC1CCCCC2C(=O)NC(=O)C12. The number of hydrogen-bond donors (Lipinski definition) is 1. The van der Waals surface area contributed by atoms with Gasteiger partial charge in [0, 0.05) is 0 Å². The second-order valence-electron chi connectivity index (χ2n) is 6.94. The van der Waals surface area contributed by atoms with Gasteiger partial charge in [0.1, 0.15) is 0 Å². The molecule has 2 aliphatic rings. The summed E-state index contributed by atoms with van der Waals surface area (Å²) in [4.78, 5) is 23.9. The van der Waals surface area contributed by atoms with E-state index in [0.717, 1.165) is 25.7 Å². The van der Waals surface area contributed by atoms with Crippen LogP contribution in [0.25, 0.3) is 0 Å². The summed E-state index contributed by atoms with van der Waals surface area (Å²) < 4.78 is 0. The van der Waals surface area contributed by atoms with Crippen molar-refractivity contribution in [3.63, 3.8) is 0 Å². The Hall–Kier alpha value is -0.860. The van der Waals surface area contributed by atoms with Crippen LogP contribution in [-0.2, 0) is 9.59 Å². The highest BCUT2D eigenvalue weighted by molar-refractivity contribution is 6.05. The second kappa shape index (κ2) is 8.55. The van der Waals surface area contributed by atoms with Crippen molar-refractivity contribution in [3.8, 4) is 0 Å². The molecule has 3 unspecified atom stereocenters. The van der Waals surface area contributed by atoms with Crippen molar-refractivity contribution in [2.75, 3.05) is 0 Å². The fourth-order valence-corrected chi connectivity index (χ4v) is 4.13. The molecule has 1 saturated carbocycles. The van der Waals surface area contributed by atoms with Gasteiger partial charge in [-0.3, -0.25) is 14.9 Å². The van der Waals surface area contributed by atoms with Gasteiger partial charge in [0.15, 0.2) is 0 Å². The number of fused-ring (bicyclic) bond motifs is 1. The summed E-state index contributed by atoms with van der Waals surface area (Å²) in [6, 6.07) is 0. The first-order valence-electron chi connectivity index (χ1n) is 9.08. The molecule has 1 N–H and O–H groups in total. The van der Waals surface area contributed by atoms with Crippen molar-refractivity contribution >= 4 is 11.8 Å². The summed E-state index contributed by atoms with van der Waals surface area (Å²) in [7, 11) is 0.